The first-order valence-corrected chi connectivity index (χ1v) is 7.72. The summed E-state index contributed by atoms with van der Waals surface area (Å²) in [4.78, 5) is 0. The average molecular weight is 279 g/mol. The van der Waals surface area contributed by atoms with Crippen LogP contribution in [0.2, 0.25) is 0 Å². The minimum Gasteiger partial charge on any atom is -0.408 e. The highest BCUT2D eigenvalue weighted by molar-refractivity contribution is 8.06. The third kappa shape index (κ3) is 8.28. The number of nitrogens with zero attached hydrogens (tertiary/aromatic N) is 1. The summed E-state index contributed by atoms with van der Waals surface area (Å²) >= 11 is 0.891. The predicted molar refractivity (Wildman–Crippen MR) is 68.1 cm³/mol. The quantitative estimate of drug-likeness (QED) is 0.360. The summed E-state index contributed by atoms with van der Waals surface area (Å²) in [6.45, 7) is 6.01. The second-order valence-corrected chi connectivity index (χ2v) is 5.39. The fourth-order valence-electron chi connectivity index (χ4n) is 0.803. The molecule has 0 spiro atoms. The van der Waals surface area contributed by atoms with Gasteiger partial charge in [0.05, 0.1) is 13.2 Å². The molecule has 0 unspecified atom stereocenters. The summed E-state index contributed by atoms with van der Waals surface area (Å²) in [6.07, 6.45) is 1.44. The number of thiocyanates is 1. The number of thioether (sulfide) groups is 1. The highest BCUT2D eigenvalue weighted by Crippen LogP contribution is 2.51. The fraction of sp³-hybridized carbons (Fsp3) is 0.700. The van der Waals surface area contributed by atoms with Gasteiger partial charge in [0.25, 0.3) is 0 Å². The van der Waals surface area contributed by atoms with Gasteiger partial charge in [-0.15, -0.1) is 0 Å². The Labute approximate surface area is 107 Å². The van der Waals surface area contributed by atoms with Crippen LogP contribution in [-0.2, 0) is 18.1 Å². The van der Waals surface area contributed by atoms with E-state index in [4.69, 9.17) is 18.8 Å². The van der Waals surface area contributed by atoms with E-state index in [1.807, 2.05) is 19.2 Å². The molecular formula is C10H18NO4PS. The van der Waals surface area contributed by atoms with Crippen molar-refractivity contribution in [2.45, 2.75) is 33.6 Å². The molecule has 7 heteroatoms. The van der Waals surface area contributed by atoms with Crippen molar-refractivity contribution < 1.29 is 18.1 Å². The standard InChI is InChI=1S/C10H18NO4PS/c1-4-6-13-16(12,14-7-5-2)15-10(3)8-17-9-11/h8H,4-7H2,1-3H3. The molecule has 0 aliphatic carbocycles. The number of allylic oxidation sites excluding steroid dienone is 1. The van der Waals surface area contributed by atoms with Crippen molar-refractivity contribution in [1.29, 1.82) is 5.26 Å². The molecule has 0 aromatic rings. The van der Waals surface area contributed by atoms with E-state index in [2.05, 4.69) is 0 Å². The summed E-state index contributed by atoms with van der Waals surface area (Å²) in [5.41, 5.74) is 0. The van der Waals surface area contributed by atoms with Crippen LogP contribution in [-0.4, -0.2) is 13.2 Å². The molecule has 0 aromatic carbocycles. The molecule has 0 radical (unpaired) electrons. The van der Waals surface area contributed by atoms with Crippen molar-refractivity contribution in [2.75, 3.05) is 13.2 Å². The lowest BCUT2D eigenvalue weighted by molar-refractivity contribution is 0.136. The number of hydrogen-bond donors (Lipinski definition) is 0. The Morgan fingerprint density at radius 1 is 1.35 bits per heavy atom. The van der Waals surface area contributed by atoms with Gasteiger partial charge in [0.1, 0.15) is 11.2 Å². The molecule has 0 saturated carbocycles. The van der Waals surface area contributed by atoms with E-state index in [9.17, 15) is 4.57 Å². The van der Waals surface area contributed by atoms with Crippen LogP contribution in [0.25, 0.3) is 0 Å². The molecule has 0 bridgehead atoms. The van der Waals surface area contributed by atoms with E-state index in [1.165, 1.54) is 5.41 Å². The zero-order valence-corrected chi connectivity index (χ0v) is 12.1. The number of phosphoric ester groups is 1. The van der Waals surface area contributed by atoms with Gasteiger partial charge in [-0.05, 0) is 31.5 Å². The topological polar surface area (TPSA) is 68.6 Å². The summed E-state index contributed by atoms with van der Waals surface area (Å²) in [6, 6.07) is 0. The normalized spacial score (nSPS) is 12.2. The lowest BCUT2D eigenvalue weighted by Gasteiger charge is -2.18. The Morgan fingerprint density at radius 3 is 2.29 bits per heavy atom. The molecule has 0 atom stereocenters. The van der Waals surface area contributed by atoms with Crippen molar-refractivity contribution in [3.8, 4) is 5.40 Å². The molecule has 0 aliphatic heterocycles. The molecule has 0 saturated heterocycles. The van der Waals surface area contributed by atoms with E-state index in [-0.39, 0.29) is 0 Å². The largest absolute Gasteiger partial charge is 0.529 e. The smallest absolute Gasteiger partial charge is 0.408 e. The first-order chi connectivity index (χ1) is 8.08. The third-order valence-electron chi connectivity index (χ3n) is 1.44. The van der Waals surface area contributed by atoms with Gasteiger partial charge in [-0.3, -0.25) is 9.05 Å². The molecule has 0 rings (SSSR count). The lowest BCUT2D eigenvalue weighted by Crippen LogP contribution is -2.01. The molecule has 0 aliphatic rings. The highest BCUT2D eigenvalue weighted by Gasteiger charge is 2.27. The Kier molecular flexibility index (Phi) is 9.28. The van der Waals surface area contributed by atoms with E-state index >= 15 is 0 Å². The van der Waals surface area contributed by atoms with Gasteiger partial charge in [-0.1, -0.05) is 13.8 Å². The number of hydrogen-bond acceptors (Lipinski definition) is 6. The minimum absolute atomic E-state index is 0.305. The first kappa shape index (κ1) is 16.5. The second-order valence-electron chi connectivity index (χ2n) is 3.14. The van der Waals surface area contributed by atoms with Crippen LogP contribution >= 0.6 is 19.6 Å². The molecule has 0 N–H and O–H groups in total. The maximum Gasteiger partial charge on any atom is 0.529 e. The molecule has 0 fully saturated rings. The van der Waals surface area contributed by atoms with Crippen molar-refractivity contribution in [3.05, 3.63) is 11.2 Å². The van der Waals surface area contributed by atoms with Crippen LogP contribution in [0.15, 0.2) is 11.2 Å². The molecule has 0 heterocycles. The summed E-state index contributed by atoms with van der Waals surface area (Å²) in [7, 11) is -3.54. The van der Waals surface area contributed by atoms with Crippen molar-refractivity contribution in [1.82, 2.24) is 0 Å². The monoisotopic (exact) mass is 279 g/mol. The zero-order valence-electron chi connectivity index (χ0n) is 10.3. The van der Waals surface area contributed by atoms with E-state index in [0.29, 0.717) is 19.0 Å². The van der Waals surface area contributed by atoms with Crippen molar-refractivity contribution in [3.63, 3.8) is 0 Å². The maximum atomic E-state index is 12.1. The summed E-state index contributed by atoms with van der Waals surface area (Å²) in [5, 5.41) is 11.7. The average Bonchev–Trinajstić information content (AvgIpc) is 2.31. The Bertz CT molecular complexity index is 315. The summed E-state index contributed by atoms with van der Waals surface area (Å²) < 4.78 is 27.5. The second kappa shape index (κ2) is 9.55. The third-order valence-corrected chi connectivity index (χ3v) is 3.50. The fourth-order valence-corrected chi connectivity index (χ4v) is 2.54. The molecular weight excluding hydrogens is 261 g/mol. The van der Waals surface area contributed by atoms with Gasteiger partial charge in [0, 0.05) is 5.41 Å². The van der Waals surface area contributed by atoms with Crippen LogP contribution in [0.4, 0.5) is 0 Å². The molecule has 0 aromatic heterocycles. The molecule has 0 amide bonds. The molecule has 5 nitrogen and oxygen atoms in total. The Morgan fingerprint density at radius 2 is 1.88 bits per heavy atom. The van der Waals surface area contributed by atoms with Crippen molar-refractivity contribution >= 4 is 19.6 Å². The van der Waals surface area contributed by atoms with Gasteiger partial charge < -0.3 is 4.52 Å². The molecule has 17 heavy (non-hydrogen) atoms. The number of nitriles is 1. The minimum atomic E-state index is -3.54. The van der Waals surface area contributed by atoms with E-state index in [0.717, 1.165) is 24.6 Å². The van der Waals surface area contributed by atoms with Crippen molar-refractivity contribution in [2.24, 2.45) is 0 Å². The zero-order chi connectivity index (χ0) is 13.1. The van der Waals surface area contributed by atoms with Crippen LogP contribution in [0.3, 0.4) is 0 Å². The van der Waals surface area contributed by atoms with Crippen LogP contribution in [0.5, 0.6) is 0 Å². The van der Waals surface area contributed by atoms with Gasteiger partial charge in [-0.2, -0.15) is 5.26 Å². The van der Waals surface area contributed by atoms with Gasteiger partial charge >= 0.3 is 7.82 Å². The Balaban J connectivity index is 4.46. The number of phosphoric acid groups is 1. The van der Waals surface area contributed by atoms with Gasteiger partial charge in [-0.25, -0.2) is 4.57 Å². The highest BCUT2D eigenvalue weighted by atomic mass is 32.2. The van der Waals surface area contributed by atoms with Crippen LogP contribution < -0.4 is 0 Å². The van der Waals surface area contributed by atoms with Crippen LogP contribution in [0, 0.1) is 10.7 Å². The lowest BCUT2D eigenvalue weighted by atomic mass is 10.5. The van der Waals surface area contributed by atoms with Crippen LogP contribution in [0.1, 0.15) is 33.6 Å². The molecule has 98 valence electrons. The Hall–Kier alpha value is -0.470. The number of rotatable bonds is 9. The van der Waals surface area contributed by atoms with E-state index < -0.39 is 7.82 Å². The SMILES string of the molecule is CCCOP(=O)(OCCC)OC(C)=CSC#N. The van der Waals surface area contributed by atoms with Gasteiger partial charge in [0.2, 0.25) is 0 Å². The summed E-state index contributed by atoms with van der Waals surface area (Å²) in [5.74, 6) is 0.340. The first-order valence-electron chi connectivity index (χ1n) is 5.38. The predicted octanol–water partition coefficient (Wildman–Crippen LogP) is 4.04. The van der Waals surface area contributed by atoms with E-state index in [1.54, 1.807) is 6.92 Å². The maximum absolute atomic E-state index is 12.1. The van der Waals surface area contributed by atoms with Gasteiger partial charge in [0.15, 0.2) is 0 Å².